The molecule has 144 valence electrons. The normalized spacial score (nSPS) is 16.3. The Hall–Kier alpha value is -2.97. The molecule has 2 heterocycles. The first-order chi connectivity index (χ1) is 12.8. The molecule has 9 heteroatoms. The van der Waals surface area contributed by atoms with Crippen molar-refractivity contribution in [2.75, 3.05) is 25.2 Å². The predicted molar refractivity (Wildman–Crippen MR) is 90.5 cm³/mol. The summed E-state index contributed by atoms with van der Waals surface area (Å²) < 4.78 is 52.5. The Morgan fingerprint density at radius 2 is 2.11 bits per heavy atom. The van der Waals surface area contributed by atoms with E-state index < -0.39 is 18.7 Å². The Labute approximate surface area is 153 Å². The highest BCUT2D eigenvalue weighted by Gasteiger charge is 2.30. The van der Waals surface area contributed by atoms with Crippen molar-refractivity contribution in [1.29, 1.82) is 0 Å². The lowest BCUT2D eigenvalue weighted by Crippen LogP contribution is -2.42. The van der Waals surface area contributed by atoms with Gasteiger partial charge in [-0.3, -0.25) is 4.79 Å². The van der Waals surface area contributed by atoms with Crippen molar-refractivity contribution in [2.24, 2.45) is 0 Å². The molecule has 0 fully saturated rings. The molecule has 1 aliphatic heterocycles. The van der Waals surface area contributed by atoms with E-state index in [4.69, 9.17) is 9.47 Å². The van der Waals surface area contributed by atoms with Crippen LogP contribution >= 0.6 is 0 Å². The number of hydrogen-bond acceptors (Lipinski definition) is 5. The zero-order chi connectivity index (χ0) is 19.6. The highest BCUT2D eigenvalue weighted by molar-refractivity contribution is 6.07. The van der Waals surface area contributed by atoms with Crippen LogP contribution in [0, 0.1) is 0 Å². The largest absolute Gasteiger partial charge is 0.497 e. The number of fused-ring (bicyclic) bond motifs is 1. The Balaban J connectivity index is 1.88. The summed E-state index contributed by atoms with van der Waals surface area (Å²) in [5.74, 6) is 0.392. The van der Waals surface area contributed by atoms with E-state index in [0.717, 1.165) is 0 Å². The Bertz CT molecular complexity index is 842. The van der Waals surface area contributed by atoms with Crippen LogP contribution in [0.2, 0.25) is 0 Å². The minimum atomic E-state index is -4.49. The molecule has 1 atom stereocenters. The van der Waals surface area contributed by atoms with E-state index in [0.29, 0.717) is 17.2 Å². The third-order valence-corrected chi connectivity index (χ3v) is 3.84. The molecule has 0 aliphatic carbocycles. The molecule has 1 unspecified atom stereocenters. The molecule has 27 heavy (non-hydrogen) atoms. The van der Waals surface area contributed by atoms with Crippen LogP contribution in [0.3, 0.4) is 0 Å². The number of pyridine rings is 1. The average molecular weight is 382 g/mol. The summed E-state index contributed by atoms with van der Waals surface area (Å²) in [7, 11) is 1.51. The monoisotopic (exact) mass is 382 g/mol. The first-order valence-corrected chi connectivity index (χ1v) is 8.09. The third kappa shape index (κ3) is 4.42. The Kier molecular flexibility index (Phi) is 5.11. The topological polar surface area (TPSA) is 60.9 Å². The summed E-state index contributed by atoms with van der Waals surface area (Å²) in [6.07, 6.45) is -3.51. The fraction of sp³-hybridized carbons (Fsp3) is 0.333. The summed E-state index contributed by atoms with van der Waals surface area (Å²) in [6, 6.07) is 7.70. The summed E-state index contributed by atoms with van der Waals surface area (Å²) in [6.45, 7) is 0.615. The number of carbonyl (C=O) groups is 1. The summed E-state index contributed by atoms with van der Waals surface area (Å²) >= 11 is 0. The molecule has 0 saturated heterocycles. The maximum Gasteiger partial charge on any atom is 0.422 e. The van der Waals surface area contributed by atoms with Gasteiger partial charge < -0.3 is 19.1 Å². The quantitative estimate of drug-likeness (QED) is 0.811. The highest BCUT2D eigenvalue weighted by Crippen LogP contribution is 2.37. The molecule has 0 saturated carbocycles. The van der Waals surface area contributed by atoms with E-state index in [9.17, 15) is 18.0 Å². The zero-order valence-electron chi connectivity index (χ0n) is 14.6. The number of halogens is 3. The van der Waals surface area contributed by atoms with Crippen molar-refractivity contribution in [3.05, 3.63) is 42.1 Å². The van der Waals surface area contributed by atoms with Crippen LogP contribution in [-0.4, -0.2) is 43.4 Å². The van der Waals surface area contributed by atoms with Gasteiger partial charge in [0.05, 0.1) is 19.3 Å². The van der Waals surface area contributed by atoms with Crippen molar-refractivity contribution in [3.8, 4) is 17.4 Å². The zero-order valence-corrected chi connectivity index (χ0v) is 14.6. The number of amides is 1. The SMILES string of the molecule is COc1ccc2c(c1)N(C(=O)c1ccnc(OCC(F)(F)F)c1)CC(C)O2. The van der Waals surface area contributed by atoms with Crippen LogP contribution in [0.4, 0.5) is 18.9 Å². The number of nitrogens with zero attached hydrogens (tertiary/aromatic N) is 2. The van der Waals surface area contributed by atoms with Crippen LogP contribution in [0.25, 0.3) is 0 Å². The number of ether oxygens (including phenoxy) is 3. The van der Waals surface area contributed by atoms with Gasteiger partial charge in [-0.05, 0) is 25.1 Å². The number of methoxy groups -OCH3 is 1. The smallest absolute Gasteiger partial charge is 0.422 e. The fourth-order valence-electron chi connectivity index (χ4n) is 2.67. The molecule has 1 amide bonds. The number of carbonyl (C=O) groups excluding carboxylic acids is 1. The van der Waals surface area contributed by atoms with Gasteiger partial charge in [-0.25, -0.2) is 4.98 Å². The highest BCUT2D eigenvalue weighted by atomic mass is 19.4. The molecule has 0 spiro atoms. The molecular formula is C18H17F3N2O4. The van der Waals surface area contributed by atoms with E-state index >= 15 is 0 Å². The van der Waals surface area contributed by atoms with Gasteiger partial charge in [0.1, 0.15) is 17.6 Å². The molecule has 2 aromatic rings. The van der Waals surface area contributed by atoms with Crippen LogP contribution in [0.1, 0.15) is 17.3 Å². The van der Waals surface area contributed by atoms with E-state index in [1.807, 2.05) is 6.92 Å². The molecule has 0 bridgehead atoms. The number of aromatic nitrogens is 1. The molecule has 0 radical (unpaired) electrons. The van der Waals surface area contributed by atoms with E-state index in [1.54, 1.807) is 18.2 Å². The molecule has 6 nitrogen and oxygen atoms in total. The van der Waals surface area contributed by atoms with Crippen molar-refractivity contribution in [1.82, 2.24) is 4.98 Å². The van der Waals surface area contributed by atoms with Crippen molar-refractivity contribution in [2.45, 2.75) is 19.2 Å². The third-order valence-electron chi connectivity index (χ3n) is 3.84. The fourth-order valence-corrected chi connectivity index (χ4v) is 2.67. The maximum atomic E-state index is 13.0. The van der Waals surface area contributed by atoms with Crippen LogP contribution in [0.5, 0.6) is 17.4 Å². The van der Waals surface area contributed by atoms with E-state index in [1.165, 1.54) is 30.3 Å². The lowest BCUT2D eigenvalue weighted by Gasteiger charge is -2.33. The second-order valence-corrected chi connectivity index (χ2v) is 5.96. The summed E-state index contributed by atoms with van der Waals surface area (Å²) in [5, 5.41) is 0. The second-order valence-electron chi connectivity index (χ2n) is 5.96. The number of rotatable bonds is 4. The van der Waals surface area contributed by atoms with Crippen molar-refractivity contribution < 1.29 is 32.2 Å². The van der Waals surface area contributed by atoms with E-state index in [2.05, 4.69) is 9.72 Å². The first kappa shape index (κ1) is 18.8. The lowest BCUT2D eigenvalue weighted by molar-refractivity contribution is -0.154. The predicted octanol–water partition coefficient (Wildman–Crippen LogP) is 3.46. The van der Waals surface area contributed by atoms with Gasteiger partial charge in [-0.1, -0.05) is 0 Å². The van der Waals surface area contributed by atoms with Gasteiger partial charge in [-0.2, -0.15) is 13.2 Å². The molecular weight excluding hydrogens is 365 g/mol. The lowest BCUT2D eigenvalue weighted by atomic mass is 10.1. The second kappa shape index (κ2) is 7.34. The van der Waals surface area contributed by atoms with Crippen LogP contribution < -0.4 is 19.1 Å². The number of alkyl halides is 3. The number of anilines is 1. The van der Waals surface area contributed by atoms with Gasteiger partial charge in [0.2, 0.25) is 5.88 Å². The summed E-state index contributed by atoms with van der Waals surface area (Å²) in [5.41, 5.74) is 0.678. The van der Waals surface area contributed by atoms with E-state index in [-0.39, 0.29) is 24.1 Å². The van der Waals surface area contributed by atoms with Gasteiger partial charge in [-0.15, -0.1) is 0 Å². The van der Waals surface area contributed by atoms with Crippen molar-refractivity contribution in [3.63, 3.8) is 0 Å². The molecule has 0 N–H and O–H groups in total. The minimum Gasteiger partial charge on any atom is -0.497 e. The standard InChI is InChI=1S/C18H17F3N2O4/c1-11-9-23(14-8-13(25-2)3-4-15(14)27-11)17(24)12-5-6-22-16(7-12)26-10-18(19,20)21/h3-8,11H,9-10H2,1-2H3. The molecule has 1 aliphatic rings. The number of benzene rings is 1. The molecule has 1 aromatic heterocycles. The molecule has 3 rings (SSSR count). The van der Waals surface area contributed by atoms with Gasteiger partial charge >= 0.3 is 6.18 Å². The Morgan fingerprint density at radius 3 is 2.81 bits per heavy atom. The van der Waals surface area contributed by atoms with Crippen LogP contribution in [0.15, 0.2) is 36.5 Å². The van der Waals surface area contributed by atoms with Crippen LogP contribution in [-0.2, 0) is 0 Å². The van der Waals surface area contributed by atoms with Gasteiger partial charge in [0.25, 0.3) is 5.91 Å². The first-order valence-electron chi connectivity index (χ1n) is 8.09. The van der Waals surface area contributed by atoms with Gasteiger partial charge in [0, 0.05) is 23.9 Å². The molecule has 1 aromatic carbocycles. The number of hydrogen-bond donors (Lipinski definition) is 0. The summed E-state index contributed by atoms with van der Waals surface area (Å²) in [4.78, 5) is 18.2. The minimum absolute atomic E-state index is 0.157. The maximum absolute atomic E-state index is 13.0. The average Bonchev–Trinajstić information content (AvgIpc) is 2.64. The van der Waals surface area contributed by atoms with Crippen molar-refractivity contribution >= 4 is 11.6 Å². The Morgan fingerprint density at radius 1 is 1.33 bits per heavy atom. The van der Waals surface area contributed by atoms with Gasteiger partial charge in [0.15, 0.2) is 6.61 Å².